The van der Waals surface area contributed by atoms with Gasteiger partial charge in [-0.1, -0.05) is 11.6 Å². The van der Waals surface area contributed by atoms with Gasteiger partial charge in [0.05, 0.1) is 18.6 Å². The molecule has 0 spiro atoms. The van der Waals surface area contributed by atoms with Crippen LogP contribution in [-0.4, -0.2) is 12.6 Å². The first-order valence-corrected chi connectivity index (χ1v) is 7.39. The van der Waals surface area contributed by atoms with Gasteiger partial charge in [0.2, 0.25) is 0 Å². The lowest BCUT2D eigenvalue weighted by atomic mass is 10.3. The van der Waals surface area contributed by atoms with Crippen LogP contribution < -0.4 is 5.73 Å². The number of hydrogen-bond donors (Lipinski definition) is 1. The molecule has 2 aromatic rings. The molecule has 0 unspecified atom stereocenters. The van der Waals surface area contributed by atoms with E-state index < -0.39 is 0 Å². The summed E-state index contributed by atoms with van der Waals surface area (Å²) in [5.74, 6) is 0.691. The second-order valence-corrected chi connectivity index (χ2v) is 5.40. The van der Waals surface area contributed by atoms with E-state index in [1.807, 2.05) is 6.07 Å². The molecule has 0 saturated heterocycles. The Morgan fingerprint density at radius 1 is 1.45 bits per heavy atom. The third kappa shape index (κ3) is 3.49. The minimum absolute atomic E-state index is 0.334. The number of benzene rings is 1. The number of thioether (sulfide) groups is 1. The van der Waals surface area contributed by atoms with Gasteiger partial charge in [-0.15, -0.1) is 11.8 Å². The lowest BCUT2D eigenvalue weighted by molar-refractivity contribution is 0.0524. The molecule has 1 heterocycles. The summed E-state index contributed by atoms with van der Waals surface area (Å²) in [4.78, 5) is 12.6. The van der Waals surface area contributed by atoms with E-state index in [1.165, 1.54) is 18.0 Å². The maximum absolute atomic E-state index is 11.7. The quantitative estimate of drug-likeness (QED) is 0.514. The van der Waals surface area contributed by atoms with Crippen molar-refractivity contribution >= 4 is 35.0 Å². The number of nitrogens with two attached hydrogens (primary N) is 1. The van der Waals surface area contributed by atoms with Crippen molar-refractivity contribution < 1.29 is 13.9 Å². The summed E-state index contributed by atoms with van der Waals surface area (Å²) in [5.41, 5.74) is 6.93. The Balaban J connectivity index is 2.08. The van der Waals surface area contributed by atoms with E-state index in [1.54, 1.807) is 25.1 Å². The van der Waals surface area contributed by atoms with E-state index in [0.29, 0.717) is 34.4 Å². The van der Waals surface area contributed by atoms with Gasteiger partial charge in [0.25, 0.3) is 0 Å². The first kappa shape index (κ1) is 14.8. The molecule has 6 heteroatoms. The Labute approximate surface area is 126 Å². The third-order valence-corrected chi connectivity index (χ3v) is 3.90. The van der Waals surface area contributed by atoms with E-state index >= 15 is 0 Å². The third-order valence-electron chi connectivity index (χ3n) is 2.57. The SMILES string of the molecule is CCOC(=O)c1ccoc1CSc1ccc(Cl)cc1N. The molecule has 20 heavy (non-hydrogen) atoms. The summed E-state index contributed by atoms with van der Waals surface area (Å²) < 4.78 is 10.3. The normalized spacial score (nSPS) is 10.5. The standard InChI is InChI=1S/C14H14ClNO3S/c1-2-18-14(17)10-5-6-19-12(10)8-20-13-4-3-9(15)7-11(13)16/h3-7H,2,8,16H2,1H3. The molecule has 106 valence electrons. The summed E-state index contributed by atoms with van der Waals surface area (Å²) in [6.07, 6.45) is 1.48. The molecule has 0 radical (unpaired) electrons. The molecule has 0 aliphatic carbocycles. The van der Waals surface area contributed by atoms with Gasteiger partial charge in [-0.05, 0) is 31.2 Å². The molecule has 0 aliphatic rings. The highest BCUT2D eigenvalue weighted by Gasteiger charge is 2.16. The Bertz CT molecular complexity index is 612. The highest BCUT2D eigenvalue weighted by atomic mass is 35.5. The first-order chi connectivity index (χ1) is 9.61. The lowest BCUT2D eigenvalue weighted by Gasteiger charge is -2.06. The molecule has 0 fully saturated rings. The van der Waals surface area contributed by atoms with E-state index in [2.05, 4.69) is 0 Å². The first-order valence-electron chi connectivity index (χ1n) is 6.03. The van der Waals surface area contributed by atoms with Gasteiger partial charge in [0.1, 0.15) is 11.3 Å². The number of carbonyl (C=O) groups is 1. The Morgan fingerprint density at radius 3 is 2.95 bits per heavy atom. The summed E-state index contributed by atoms with van der Waals surface area (Å²) in [6.45, 7) is 2.10. The van der Waals surface area contributed by atoms with Gasteiger partial charge in [0.15, 0.2) is 0 Å². The van der Waals surface area contributed by atoms with Gasteiger partial charge < -0.3 is 14.9 Å². The highest BCUT2D eigenvalue weighted by Crippen LogP contribution is 2.31. The predicted molar refractivity (Wildman–Crippen MR) is 80.1 cm³/mol. The average Bonchev–Trinajstić information content (AvgIpc) is 2.86. The molecule has 0 atom stereocenters. The van der Waals surface area contributed by atoms with E-state index in [0.717, 1.165) is 4.90 Å². The molecule has 2 rings (SSSR count). The maximum atomic E-state index is 11.7. The van der Waals surface area contributed by atoms with Gasteiger partial charge in [0, 0.05) is 15.6 Å². The summed E-state index contributed by atoms with van der Waals surface area (Å²) in [6, 6.07) is 6.92. The Kier molecular flexibility index (Phi) is 4.98. The largest absolute Gasteiger partial charge is 0.468 e. The topological polar surface area (TPSA) is 65.5 Å². The molecule has 0 bridgehead atoms. The van der Waals surface area contributed by atoms with Gasteiger partial charge in [-0.2, -0.15) is 0 Å². The molecule has 2 N–H and O–H groups in total. The minimum atomic E-state index is -0.374. The van der Waals surface area contributed by atoms with E-state index in [4.69, 9.17) is 26.5 Å². The number of anilines is 1. The molecular formula is C14H14ClNO3S. The molecule has 1 aromatic heterocycles. The van der Waals surface area contributed by atoms with E-state index in [-0.39, 0.29) is 5.97 Å². The van der Waals surface area contributed by atoms with Crippen molar-refractivity contribution in [1.29, 1.82) is 0 Å². The fourth-order valence-corrected chi connectivity index (χ4v) is 2.72. The van der Waals surface area contributed by atoms with Crippen LogP contribution in [0.2, 0.25) is 5.02 Å². The molecule has 1 aromatic carbocycles. The zero-order valence-electron chi connectivity index (χ0n) is 10.9. The van der Waals surface area contributed by atoms with Gasteiger partial charge in [-0.3, -0.25) is 0 Å². The Hall–Kier alpha value is -1.59. The highest BCUT2D eigenvalue weighted by molar-refractivity contribution is 7.98. The van der Waals surface area contributed by atoms with Crippen LogP contribution in [-0.2, 0) is 10.5 Å². The second-order valence-electron chi connectivity index (χ2n) is 3.95. The molecule has 0 amide bonds. The van der Waals surface area contributed by atoms with Crippen molar-refractivity contribution in [2.24, 2.45) is 0 Å². The van der Waals surface area contributed by atoms with Crippen LogP contribution in [0, 0.1) is 0 Å². The van der Waals surface area contributed by atoms with Crippen LogP contribution in [0.1, 0.15) is 23.0 Å². The van der Waals surface area contributed by atoms with Crippen LogP contribution in [0.25, 0.3) is 0 Å². The molecule has 4 nitrogen and oxygen atoms in total. The monoisotopic (exact) mass is 311 g/mol. The van der Waals surface area contributed by atoms with Crippen molar-refractivity contribution in [3.05, 3.63) is 46.9 Å². The Morgan fingerprint density at radius 2 is 2.25 bits per heavy atom. The number of halogens is 1. The fourth-order valence-electron chi connectivity index (χ4n) is 1.64. The predicted octanol–water partition coefficient (Wildman–Crippen LogP) is 3.98. The van der Waals surface area contributed by atoms with Crippen LogP contribution >= 0.6 is 23.4 Å². The number of ether oxygens (including phenoxy) is 1. The summed E-state index contributed by atoms with van der Waals surface area (Å²) in [5, 5.41) is 0.595. The van der Waals surface area contributed by atoms with Crippen LogP contribution in [0.3, 0.4) is 0 Å². The van der Waals surface area contributed by atoms with Crippen molar-refractivity contribution in [3.63, 3.8) is 0 Å². The minimum Gasteiger partial charge on any atom is -0.468 e. The number of hydrogen-bond acceptors (Lipinski definition) is 5. The van der Waals surface area contributed by atoms with E-state index in [9.17, 15) is 4.79 Å². The van der Waals surface area contributed by atoms with Crippen molar-refractivity contribution in [3.8, 4) is 0 Å². The summed E-state index contributed by atoms with van der Waals surface area (Å²) in [7, 11) is 0. The zero-order valence-corrected chi connectivity index (χ0v) is 12.5. The van der Waals surface area contributed by atoms with Gasteiger partial charge in [-0.25, -0.2) is 4.79 Å². The number of carbonyl (C=O) groups excluding carboxylic acids is 1. The van der Waals surface area contributed by atoms with Crippen molar-refractivity contribution in [2.75, 3.05) is 12.3 Å². The van der Waals surface area contributed by atoms with Crippen LogP contribution in [0.15, 0.2) is 39.8 Å². The fraction of sp³-hybridized carbons (Fsp3) is 0.214. The molecule has 0 saturated carbocycles. The van der Waals surface area contributed by atoms with Crippen LogP contribution in [0.5, 0.6) is 0 Å². The van der Waals surface area contributed by atoms with Crippen molar-refractivity contribution in [1.82, 2.24) is 0 Å². The van der Waals surface area contributed by atoms with Crippen LogP contribution in [0.4, 0.5) is 5.69 Å². The van der Waals surface area contributed by atoms with Crippen molar-refractivity contribution in [2.45, 2.75) is 17.6 Å². The number of esters is 1. The number of nitrogen functional groups attached to an aromatic ring is 1. The maximum Gasteiger partial charge on any atom is 0.341 e. The zero-order chi connectivity index (χ0) is 14.5. The number of rotatable bonds is 5. The average molecular weight is 312 g/mol. The summed E-state index contributed by atoms with van der Waals surface area (Å²) >= 11 is 7.33. The lowest BCUT2D eigenvalue weighted by Crippen LogP contribution is -2.05. The van der Waals surface area contributed by atoms with Gasteiger partial charge >= 0.3 is 5.97 Å². The smallest absolute Gasteiger partial charge is 0.341 e. The molecule has 0 aliphatic heterocycles. The second kappa shape index (κ2) is 6.72. The molecular weight excluding hydrogens is 298 g/mol. The number of furan rings is 1.